The van der Waals surface area contributed by atoms with E-state index < -0.39 is 0 Å². The molecule has 1 fully saturated rings. The molecule has 0 radical (unpaired) electrons. The molecule has 1 atom stereocenters. The average molecular weight is 415 g/mol. The second-order valence-electron chi connectivity index (χ2n) is 7.51. The summed E-state index contributed by atoms with van der Waals surface area (Å²) < 4.78 is 11.1. The van der Waals surface area contributed by atoms with Gasteiger partial charge in [-0.15, -0.1) is 10.2 Å². The van der Waals surface area contributed by atoms with E-state index in [4.69, 9.17) is 8.94 Å². The Hall–Kier alpha value is -3.81. The second kappa shape index (κ2) is 8.51. The van der Waals surface area contributed by atoms with Crippen molar-refractivity contribution in [3.8, 4) is 11.5 Å². The van der Waals surface area contributed by atoms with Gasteiger partial charge in [0, 0.05) is 43.0 Å². The molecule has 0 spiro atoms. The van der Waals surface area contributed by atoms with Crippen LogP contribution in [0.2, 0.25) is 0 Å². The molecule has 2 aromatic carbocycles. The van der Waals surface area contributed by atoms with Crippen LogP contribution in [0.4, 0.5) is 5.69 Å². The molecule has 156 valence electrons. The van der Waals surface area contributed by atoms with Crippen LogP contribution < -0.4 is 4.90 Å². The first-order valence-electron chi connectivity index (χ1n) is 10.3. The fraction of sp³-hybridized carbons (Fsp3) is 0.261. The highest BCUT2D eigenvalue weighted by Gasteiger charge is 2.34. The van der Waals surface area contributed by atoms with Crippen molar-refractivity contribution in [2.45, 2.75) is 31.6 Å². The third-order valence-corrected chi connectivity index (χ3v) is 5.31. The topological polar surface area (TPSA) is 98.1 Å². The van der Waals surface area contributed by atoms with Crippen LogP contribution in [0.15, 0.2) is 69.6 Å². The Bertz CT molecular complexity index is 1160. The van der Waals surface area contributed by atoms with Gasteiger partial charge in [-0.1, -0.05) is 41.6 Å². The molecule has 1 unspecified atom stereocenters. The Balaban J connectivity index is 1.16. The Labute approximate surface area is 178 Å². The summed E-state index contributed by atoms with van der Waals surface area (Å²) in [4.78, 5) is 18.7. The highest BCUT2D eigenvalue weighted by atomic mass is 16.5. The van der Waals surface area contributed by atoms with Crippen molar-refractivity contribution >= 4 is 11.6 Å². The highest BCUT2D eigenvalue weighted by Crippen LogP contribution is 2.30. The molecule has 8 heteroatoms. The standard InChI is InChI=1S/C23H21N5O3/c29-21-14-17(15-28(21)18-10-5-2-6-11-18)22-24-19(31-27-22)12-7-13-20-25-26-23(30-20)16-8-3-1-4-9-16/h1-6,8-11,17H,7,12-15H2. The molecule has 2 aromatic heterocycles. The maximum atomic E-state index is 12.4. The number of anilines is 1. The van der Waals surface area contributed by atoms with Crippen molar-refractivity contribution in [2.24, 2.45) is 0 Å². The number of nitrogens with zero attached hydrogens (tertiary/aromatic N) is 5. The van der Waals surface area contributed by atoms with Gasteiger partial charge in [-0.25, -0.2) is 0 Å². The Kier molecular flexibility index (Phi) is 5.26. The molecule has 4 aromatic rings. The number of para-hydroxylation sites is 1. The van der Waals surface area contributed by atoms with Crippen LogP contribution in [-0.2, 0) is 17.6 Å². The van der Waals surface area contributed by atoms with Gasteiger partial charge in [-0.05, 0) is 30.7 Å². The third-order valence-electron chi connectivity index (χ3n) is 5.31. The van der Waals surface area contributed by atoms with E-state index in [9.17, 15) is 4.79 Å². The molecule has 31 heavy (non-hydrogen) atoms. The first kappa shape index (κ1) is 19.2. The summed E-state index contributed by atoms with van der Waals surface area (Å²) in [5, 5.41) is 12.3. The van der Waals surface area contributed by atoms with Gasteiger partial charge in [0.15, 0.2) is 5.82 Å². The van der Waals surface area contributed by atoms with Gasteiger partial charge in [-0.2, -0.15) is 4.98 Å². The minimum absolute atomic E-state index is 0.0606. The van der Waals surface area contributed by atoms with Crippen molar-refractivity contribution in [1.82, 2.24) is 20.3 Å². The van der Waals surface area contributed by atoms with Crippen LogP contribution in [0.25, 0.3) is 11.5 Å². The number of amides is 1. The molecule has 5 rings (SSSR count). The number of rotatable bonds is 7. The zero-order valence-corrected chi connectivity index (χ0v) is 16.8. The van der Waals surface area contributed by atoms with E-state index in [0.717, 1.165) is 17.7 Å². The van der Waals surface area contributed by atoms with Gasteiger partial charge < -0.3 is 13.8 Å². The SMILES string of the molecule is O=C1CC(c2noc(CCCc3nnc(-c4ccccc4)o3)n2)CN1c1ccccc1. The van der Waals surface area contributed by atoms with Crippen LogP contribution in [0.3, 0.4) is 0 Å². The molecular formula is C23H21N5O3. The molecule has 0 bridgehead atoms. The van der Waals surface area contributed by atoms with Crippen molar-refractivity contribution < 1.29 is 13.7 Å². The fourth-order valence-corrected chi connectivity index (χ4v) is 3.72. The highest BCUT2D eigenvalue weighted by molar-refractivity contribution is 5.96. The lowest BCUT2D eigenvalue weighted by molar-refractivity contribution is -0.117. The predicted octanol–water partition coefficient (Wildman–Crippen LogP) is 3.82. The van der Waals surface area contributed by atoms with Crippen LogP contribution in [0.5, 0.6) is 0 Å². The van der Waals surface area contributed by atoms with E-state index in [0.29, 0.717) is 49.3 Å². The summed E-state index contributed by atoms with van der Waals surface area (Å²) in [5.74, 6) is 2.26. The first-order valence-corrected chi connectivity index (χ1v) is 10.3. The zero-order chi connectivity index (χ0) is 21.0. The summed E-state index contributed by atoms with van der Waals surface area (Å²) in [5.41, 5.74) is 1.80. The summed E-state index contributed by atoms with van der Waals surface area (Å²) in [6, 6.07) is 19.3. The minimum Gasteiger partial charge on any atom is -0.421 e. The van der Waals surface area contributed by atoms with Crippen LogP contribution in [-0.4, -0.2) is 32.8 Å². The Morgan fingerprint density at radius 2 is 1.68 bits per heavy atom. The summed E-state index contributed by atoms with van der Waals surface area (Å²) in [6.45, 7) is 0.562. The number of aryl methyl sites for hydroxylation is 2. The van der Waals surface area contributed by atoms with E-state index in [1.165, 1.54) is 0 Å². The summed E-state index contributed by atoms with van der Waals surface area (Å²) in [7, 11) is 0. The third kappa shape index (κ3) is 4.23. The maximum Gasteiger partial charge on any atom is 0.247 e. The molecule has 8 nitrogen and oxygen atoms in total. The summed E-state index contributed by atoms with van der Waals surface area (Å²) >= 11 is 0. The lowest BCUT2D eigenvalue weighted by Crippen LogP contribution is -2.24. The Morgan fingerprint density at radius 1 is 0.935 bits per heavy atom. The smallest absolute Gasteiger partial charge is 0.247 e. The fourth-order valence-electron chi connectivity index (χ4n) is 3.72. The molecular weight excluding hydrogens is 394 g/mol. The number of benzene rings is 2. The number of hydrogen-bond acceptors (Lipinski definition) is 7. The van der Waals surface area contributed by atoms with Crippen molar-refractivity contribution in [3.05, 3.63) is 78.3 Å². The minimum atomic E-state index is -0.0606. The van der Waals surface area contributed by atoms with E-state index in [-0.39, 0.29) is 11.8 Å². The van der Waals surface area contributed by atoms with Gasteiger partial charge in [0.25, 0.3) is 0 Å². The first-order chi connectivity index (χ1) is 15.3. The number of aromatic nitrogens is 4. The van der Waals surface area contributed by atoms with Crippen molar-refractivity contribution in [2.75, 3.05) is 11.4 Å². The molecule has 1 aliphatic rings. The molecule has 1 amide bonds. The van der Waals surface area contributed by atoms with Crippen molar-refractivity contribution in [1.29, 1.82) is 0 Å². The quantitative estimate of drug-likeness (QED) is 0.452. The summed E-state index contributed by atoms with van der Waals surface area (Å²) in [6.07, 6.45) is 2.37. The van der Waals surface area contributed by atoms with Crippen LogP contribution >= 0.6 is 0 Å². The number of hydrogen-bond donors (Lipinski definition) is 0. The Morgan fingerprint density at radius 3 is 2.48 bits per heavy atom. The van der Waals surface area contributed by atoms with Crippen molar-refractivity contribution in [3.63, 3.8) is 0 Å². The molecule has 0 aliphatic carbocycles. The number of carbonyl (C=O) groups is 1. The van der Waals surface area contributed by atoms with E-state index in [1.54, 1.807) is 4.90 Å². The predicted molar refractivity (Wildman–Crippen MR) is 112 cm³/mol. The molecule has 0 saturated carbocycles. The lowest BCUT2D eigenvalue weighted by Gasteiger charge is -2.15. The van der Waals surface area contributed by atoms with Gasteiger partial charge in [0.1, 0.15) is 0 Å². The molecule has 1 saturated heterocycles. The second-order valence-corrected chi connectivity index (χ2v) is 7.51. The molecule has 1 aliphatic heterocycles. The van der Waals surface area contributed by atoms with Gasteiger partial charge >= 0.3 is 0 Å². The van der Waals surface area contributed by atoms with Crippen LogP contribution in [0, 0.1) is 0 Å². The normalized spacial score (nSPS) is 16.2. The van der Waals surface area contributed by atoms with Gasteiger partial charge in [-0.3, -0.25) is 4.79 Å². The monoisotopic (exact) mass is 415 g/mol. The largest absolute Gasteiger partial charge is 0.421 e. The zero-order valence-electron chi connectivity index (χ0n) is 16.8. The van der Waals surface area contributed by atoms with Gasteiger partial charge in [0.2, 0.25) is 23.6 Å². The van der Waals surface area contributed by atoms with Crippen LogP contribution in [0.1, 0.15) is 36.4 Å². The lowest BCUT2D eigenvalue weighted by atomic mass is 10.1. The average Bonchev–Trinajstić information content (AvgIpc) is 3.55. The van der Waals surface area contributed by atoms with Gasteiger partial charge in [0.05, 0.1) is 0 Å². The van der Waals surface area contributed by atoms with E-state index in [1.807, 2.05) is 60.7 Å². The van der Waals surface area contributed by atoms with E-state index in [2.05, 4.69) is 20.3 Å². The maximum absolute atomic E-state index is 12.4. The van der Waals surface area contributed by atoms with E-state index >= 15 is 0 Å². The molecule has 3 heterocycles. The number of carbonyl (C=O) groups excluding carboxylic acids is 1. The molecule has 0 N–H and O–H groups in total.